The summed E-state index contributed by atoms with van der Waals surface area (Å²) in [5, 5.41) is 12.6. The first-order chi connectivity index (χ1) is 11.3. The van der Waals surface area contributed by atoms with E-state index in [-0.39, 0.29) is 12.6 Å². The zero-order chi connectivity index (χ0) is 16.1. The smallest absolute Gasteiger partial charge is 0.323 e. The van der Waals surface area contributed by atoms with Crippen molar-refractivity contribution in [1.29, 1.82) is 0 Å². The minimum atomic E-state index is -0.0957. The van der Waals surface area contributed by atoms with E-state index in [4.69, 9.17) is 5.11 Å². The highest BCUT2D eigenvalue weighted by molar-refractivity contribution is 7.19. The molecule has 1 aliphatic heterocycles. The first-order valence-electron chi connectivity index (χ1n) is 7.94. The molecule has 0 radical (unpaired) electrons. The van der Waals surface area contributed by atoms with Crippen molar-refractivity contribution in [2.45, 2.75) is 19.3 Å². The van der Waals surface area contributed by atoms with E-state index in [1.807, 2.05) is 35.2 Å². The first kappa shape index (κ1) is 16.0. The van der Waals surface area contributed by atoms with Crippen LogP contribution >= 0.6 is 11.3 Å². The number of urea groups is 1. The van der Waals surface area contributed by atoms with Gasteiger partial charge in [0.15, 0.2) is 5.13 Å². The monoisotopic (exact) mass is 331 g/mol. The second-order valence-electron chi connectivity index (χ2n) is 5.79. The van der Waals surface area contributed by atoms with E-state index in [2.05, 4.69) is 10.3 Å². The van der Waals surface area contributed by atoms with Gasteiger partial charge in [-0.15, -0.1) is 0 Å². The number of aliphatic hydroxyl groups excluding tert-OH is 1. The molecule has 1 saturated heterocycles. The van der Waals surface area contributed by atoms with E-state index in [0.29, 0.717) is 17.6 Å². The number of nitrogens with zero attached hydrogens (tertiary/aromatic N) is 2. The third-order valence-electron chi connectivity index (χ3n) is 4.12. The summed E-state index contributed by atoms with van der Waals surface area (Å²) in [5.41, 5.74) is 1.10. The van der Waals surface area contributed by atoms with Crippen LogP contribution in [0.15, 0.2) is 36.5 Å². The number of carbonyl (C=O) groups excluding carboxylic acids is 1. The molecule has 0 saturated carbocycles. The molecule has 1 aromatic heterocycles. The van der Waals surface area contributed by atoms with Gasteiger partial charge in [-0.3, -0.25) is 5.32 Å². The summed E-state index contributed by atoms with van der Waals surface area (Å²) in [6.07, 6.45) is 4.63. The number of carbonyl (C=O) groups is 1. The number of rotatable bonds is 4. The van der Waals surface area contributed by atoms with Crippen molar-refractivity contribution in [1.82, 2.24) is 9.88 Å². The summed E-state index contributed by atoms with van der Waals surface area (Å²) >= 11 is 1.48. The number of nitrogens with one attached hydrogen (secondary N) is 1. The molecule has 5 nitrogen and oxygen atoms in total. The van der Waals surface area contributed by atoms with Crippen LogP contribution in [-0.4, -0.2) is 40.7 Å². The molecule has 1 aromatic carbocycles. The van der Waals surface area contributed by atoms with Crippen LogP contribution in [0.3, 0.4) is 0 Å². The highest BCUT2D eigenvalue weighted by atomic mass is 32.1. The Balaban J connectivity index is 1.61. The molecular weight excluding hydrogens is 310 g/mol. The fraction of sp³-hybridized carbons (Fsp3) is 0.412. The Hall–Kier alpha value is -1.92. The molecule has 1 aliphatic rings. The van der Waals surface area contributed by atoms with Crippen LogP contribution < -0.4 is 5.32 Å². The number of hydrogen-bond donors (Lipinski definition) is 2. The maximum atomic E-state index is 12.4. The lowest BCUT2D eigenvalue weighted by molar-refractivity contribution is 0.159. The summed E-state index contributed by atoms with van der Waals surface area (Å²) < 4.78 is 0. The molecule has 23 heavy (non-hydrogen) atoms. The van der Waals surface area contributed by atoms with Crippen LogP contribution in [0, 0.1) is 5.92 Å². The average molecular weight is 331 g/mol. The zero-order valence-electron chi connectivity index (χ0n) is 12.9. The fourth-order valence-corrected chi connectivity index (χ4v) is 3.72. The zero-order valence-corrected chi connectivity index (χ0v) is 13.8. The fourth-order valence-electron chi connectivity index (χ4n) is 2.91. The van der Waals surface area contributed by atoms with Gasteiger partial charge in [-0.25, -0.2) is 9.78 Å². The van der Waals surface area contributed by atoms with Crippen LogP contribution in [0.2, 0.25) is 0 Å². The second-order valence-corrected chi connectivity index (χ2v) is 6.82. The predicted octanol–water partition coefficient (Wildman–Crippen LogP) is 3.44. The largest absolute Gasteiger partial charge is 0.396 e. The van der Waals surface area contributed by atoms with E-state index in [0.717, 1.165) is 36.2 Å². The molecule has 122 valence electrons. The van der Waals surface area contributed by atoms with Gasteiger partial charge >= 0.3 is 6.03 Å². The van der Waals surface area contributed by atoms with Crippen LogP contribution in [0.5, 0.6) is 0 Å². The van der Waals surface area contributed by atoms with Crippen molar-refractivity contribution < 1.29 is 9.90 Å². The van der Waals surface area contributed by atoms with Gasteiger partial charge in [0.1, 0.15) is 0 Å². The van der Waals surface area contributed by atoms with E-state index in [9.17, 15) is 4.79 Å². The van der Waals surface area contributed by atoms with Crippen LogP contribution in [-0.2, 0) is 0 Å². The van der Waals surface area contributed by atoms with Crippen molar-refractivity contribution in [3.8, 4) is 10.4 Å². The number of benzene rings is 1. The minimum absolute atomic E-state index is 0.0957. The van der Waals surface area contributed by atoms with Gasteiger partial charge in [-0.2, -0.15) is 0 Å². The quantitative estimate of drug-likeness (QED) is 0.902. The van der Waals surface area contributed by atoms with Crippen molar-refractivity contribution in [2.24, 2.45) is 5.92 Å². The van der Waals surface area contributed by atoms with Gasteiger partial charge in [0.05, 0.1) is 4.88 Å². The standard InChI is InChI=1S/C17H21N3O2S/c21-10-8-13-5-4-9-20(12-13)17(22)19-16-18-11-15(23-16)14-6-2-1-3-7-14/h1-3,6-7,11,13,21H,4-5,8-10,12H2,(H,18,19,22). The molecule has 2 amide bonds. The lowest BCUT2D eigenvalue weighted by Crippen LogP contribution is -2.42. The number of aromatic nitrogens is 1. The van der Waals surface area contributed by atoms with E-state index in [1.165, 1.54) is 11.3 Å². The molecule has 0 spiro atoms. The highest BCUT2D eigenvalue weighted by Gasteiger charge is 2.23. The third-order valence-corrected chi connectivity index (χ3v) is 5.08. The third kappa shape index (κ3) is 4.09. The molecule has 1 atom stereocenters. The Morgan fingerprint density at radius 2 is 2.22 bits per heavy atom. The summed E-state index contributed by atoms with van der Waals surface area (Å²) in [4.78, 5) is 19.6. The van der Waals surface area contributed by atoms with Crippen LogP contribution in [0.1, 0.15) is 19.3 Å². The number of amides is 2. The van der Waals surface area contributed by atoms with E-state index < -0.39 is 0 Å². The number of likely N-dealkylation sites (tertiary alicyclic amines) is 1. The molecule has 2 N–H and O–H groups in total. The molecule has 2 heterocycles. The maximum absolute atomic E-state index is 12.4. The lowest BCUT2D eigenvalue weighted by atomic mass is 9.95. The molecule has 0 bridgehead atoms. The molecule has 0 aliphatic carbocycles. The summed E-state index contributed by atoms with van der Waals surface area (Å²) in [5.74, 6) is 0.399. The predicted molar refractivity (Wildman–Crippen MR) is 92.6 cm³/mol. The van der Waals surface area contributed by atoms with Crippen molar-refractivity contribution in [3.63, 3.8) is 0 Å². The van der Waals surface area contributed by atoms with E-state index in [1.54, 1.807) is 6.20 Å². The molecular formula is C17H21N3O2S. The number of piperidine rings is 1. The Bertz CT molecular complexity index is 642. The van der Waals surface area contributed by atoms with Gasteiger partial charge < -0.3 is 10.0 Å². The minimum Gasteiger partial charge on any atom is -0.396 e. The Kier molecular flexibility index (Phi) is 5.25. The molecule has 2 aromatic rings. The second kappa shape index (κ2) is 7.57. The molecule has 1 unspecified atom stereocenters. The van der Waals surface area contributed by atoms with Crippen molar-refractivity contribution >= 4 is 22.5 Å². The van der Waals surface area contributed by atoms with Crippen LogP contribution in [0.25, 0.3) is 10.4 Å². The summed E-state index contributed by atoms with van der Waals surface area (Å²) in [7, 11) is 0. The number of thiazole rings is 1. The van der Waals surface area contributed by atoms with Gasteiger partial charge in [0.25, 0.3) is 0 Å². The van der Waals surface area contributed by atoms with Gasteiger partial charge in [0, 0.05) is 25.9 Å². The topological polar surface area (TPSA) is 65.5 Å². The Morgan fingerprint density at radius 3 is 3.00 bits per heavy atom. The van der Waals surface area contributed by atoms with Crippen molar-refractivity contribution in [3.05, 3.63) is 36.5 Å². The summed E-state index contributed by atoms with van der Waals surface area (Å²) in [6, 6.07) is 9.92. The Morgan fingerprint density at radius 1 is 1.39 bits per heavy atom. The highest BCUT2D eigenvalue weighted by Crippen LogP contribution is 2.29. The number of aliphatic hydroxyl groups is 1. The molecule has 1 fully saturated rings. The van der Waals surface area contributed by atoms with E-state index >= 15 is 0 Å². The normalized spacial score (nSPS) is 18.0. The van der Waals surface area contributed by atoms with Crippen molar-refractivity contribution in [2.75, 3.05) is 25.0 Å². The van der Waals surface area contributed by atoms with Crippen LogP contribution in [0.4, 0.5) is 9.93 Å². The SMILES string of the molecule is O=C(Nc1ncc(-c2ccccc2)s1)N1CCCC(CCO)C1. The number of anilines is 1. The van der Waals surface area contributed by atoms with Gasteiger partial charge in [0.2, 0.25) is 0 Å². The Labute approximate surface area is 140 Å². The molecule has 3 rings (SSSR count). The lowest BCUT2D eigenvalue weighted by Gasteiger charge is -2.32. The number of hydrogen-bond acceptors (Lipinski definition) is 4. The average Bonchev–Trinajstić information content (AvgIpc) is 3.05. The first-order valence-corrected chi connectivity index (χ1v) is 8.76. The van der Waals surface area contributed by atoms with Gasteiger partial charge in [-0.1, -0.05) is 41.7 Å². The van der Waals surface area contributed by atoms with Gasteiger partial charge in [-0.05, 0) is 30.7 Å². The summed E-state index contributed by atoms with van der Waals surface area (Å²) in [6.45, 7) is 1.67. The maximum Gasteiger partial charge on any atom is 0.323 e. The molecule has 6 heteroatoms.